The van der Waals surface area contributed by atoms with Crippen molar-refractivity contribution in [1.29, 1.82) is 0 Å². The van der Waals surface area contributed by atoms with E-state index in [0.717, 1.165) is 0 Å². The lowest BCUT2D eigenvalue weighted by atomic mass is 10.5. The molecule has 106 valence electrons. The number of carbonyl (C=O) groups is 1. The van der Waals surface area contributed by atoms with Crippen LogP contribution in [0.15, 0.2) is 11.1 Å². The number of aromatic nitrogens is 2. The highest BCUT2D eigenvalue weighted by molar-refractivity contribution is 7.99. The van der Waals surface area contributed by atoms with Crippen molar-refractivity contribution in [3.05, 3.63) is 11.9 Å². The van der Waals surface area contributed by atoms with Crippen LogP contribution in [0, 0.1) is 0 Å². The average Bonchev–Trinajstić information content (AvgIpc) is 2.42. The Morgan fingerprint density at radius 2 is 2.26 bits per heavy atom. The zero-order valence-corrected chi connectivity index (χ0v) is 12.2. The first-order valence-corrected chi connectivity index (χ1v) is 6.80. The van der Waals surface area contributed by atoms with Gasteiger partial charge in [-0.05, 0) is 6.92 Å². The highest BCUT2D eigenvalue weighted by Crippen LogP contribution is 2.18. The van der Waals surface area contributed by atoms with E-state index in [9.17, 15) is 4.79 Å². The summed E-state index contributed by atoms with van der Waals surface area (Å²) in [5, 5.41) is 0.688. The largest absolute Gasteiger partial charge is 0.374 e. The number of nitrogens with zero attached hydrogens (tertiary/aromatic N) is 3. The van der Waals surface area contributed by atoms with Crippen molar-refractivity contribution >= 4 is 23.5 Å². The fourth-order valence-corrected chi connectivity index (χ4v) is 2.04. The van der Waals surface area contributed by atoms with Gasteiger partial charge in [0.25, 0.3) is 0 Å². The minimum atomic E-state index is 0.0252. The van der Waals surface area contributed by atoms with Crippen LogP contribution in [-0.4, -0.2) is 47.2 Å². The number of hydrazine groups is 1. The summed E-state index contributed by atoms with van der Waals surface area (Å²) in [5.41, 5.74) is 2.48. The molecule has 0 unspecified atom stereocenters. The minimum absolute atomic E-state index is 0.0252. The Morgan fingerprint density at radius 3 is 2.84 bits per heavy atom. The molecule has 0 saturated carbocycles. The number of nitrogen functional groups attached to an aromatic ring is 1. The van der Waals surface area contributed by atoms with Crippen molar-refractivity contribution in [2.75, 3.05) is 31.9 Å². The molecule has 0 radical (unpaired) electrons. The number of ether oxygens (including phenoxy) is 1. The maximum atomic E-state index is 11.5. The monoisotopic (exact) mass is 285 g/mol. The molecule has 1 heterocycles. The Kier molecular flexibility index (Phi) is 6.54. The van der Waals surface area contributed by atoms with Crippen LogP contribution in [0.4, 0.5) is 5.82 Å². The van der Waals surface area contributed by atoms with Gasteiger partial charge in [0, 0.05) is 26.8 Å². The number of amides is 1. The minimum Gasteiger partial charge on any atom is -0.374 e. The zero-order valence-electron chi connectivity index (χ0n) is 11.3. The van der Waals surface area contributed by atoms with Gasteiger partial charge in [-0.2, -0.15) is 0 Å². The summed E-state index contributed by atoms with van der Waals surface area (Å²) in [7, 11) is 3.44. The van der Waals surface area contributed by atoms with Crippen LogP contribution in [0.2, 0.25) is 0 Å². The van der Waals surface area contributed by atoms with Gasteiger partial charge in [0.1, 0.15) is 17.5 Å². The number of anilines is 1. The quantitative estimate of drug-likeness (QED) is 0.326. The summed E-state index contributed by atoms with van der Waals surface area (Å²) in [6.45, 7) is 2.81. The second-order valence-corrected chi connectivity index (χ2v) is 4.86. The number of hydrogen-bond acceptors (Lipinski definition) is 7. The molecular weight excluding hydrogens is 266 g/mol. The lowest BCUT2D eigenvalue weighted by Crippen LogP contribution is -2.23. The predicted molar refractivity (Wildman–Crippen MR) is 74.6 cm³/mol. The Labute approximate surface area is 116 Å². The van der Waals surface area contributed by atoms with E-state index in [0.29, 0.717) is 35.6 Å². The van der Waals surface area contributed by atoms with E-state index >= 15 is 0 Å². The highest BCUT2D eigenvalue weighted by atomic mass is 32.2. The van der Waals surface area contributed by atoms with Gasteiger partial charge in [-0.25, -0.2) is 15.8 Å². The van der Waals surface area contributed by atoms with Gasteiger partial charge in [0.15, 0.2) is 5.82 Å². The molecule has 7 nitrogen and oxygen atoms in total. The van der Waals surface area contributed by atoms with E-state index in [1.807, 2.05) is 6.92 Å². The van der Waals surface area contributed by atoms with Crippen LogP contribution < -0.4 is 11.3 Å². The molecule has 0 aliphatic carbocycles. The van der Waals surface area contributed by atoms with Gasteiger partial charge in [-0.15, -0.1) is 0 Å². The molecule has 0 saturated heterocycles. The first kappa shape index (κ1) is 15.7. The molecule has 1 rings (SSSR count). The Balaban J connectivity index is 2.73. The van der Waals surface area contributed by atoms with Gasteiger partial charge < -0.3 is 15.1 Å². The van der Waals surface area contributed by atoms with Crippen molar-refractivity contribution in [1.82, 2.24) is 14.9 Å². The Bertz CT molecular complexity index is 428. The van der Waals surface area contributed by atoms with E-state index in [-0.39, 0.29) is 5.91 Å². The molecule has 8 heteroatoms. The normalized spacial score (nSPS) is 10.3. The number of nitrogens with two attached hydrogens (primary N) is 1. The van der Waals surface area contributed by atoms with Gasteiger partial charge in [0.2, 0.25) is 5.91 Å². The third-order valence-electron chi connectivity index (χ3n) is 2.17. The molecule has 0 atom stereocenters. The Morgan fingerprint density at radius 1 is 1.53 bits per heavy atom. The molecule has 3 N–H and O–H groups in total. The van der Waals surface area contributed by atoms with Crippen molar-refractivity contribution < 1.29 is 9.53 Å². The Hall–Kier alpha value is -1.38. The van der Waals surface area contributed by atoms with Crippen molar-refractivity contribution in [3.63, 3.8) is 0 Å². The average molecular weight is 285 g/mol. The molecule has 0 aromatic carbocycles. The summed E-state index contributed by atoms with van der Waals surface area (Å²) in [5.74, 6) is 6.74. The molecule has 0 fully saturated rings. The number of thioether (sulfide) groups is 1. The fraction of sp³-hybridized carbons (Fsp3) is 0.545. The smallest absolute Gasteiger partial charge is 0.232 e. The summed E-state index contributed by atoms with van der Waals surface area (Å²) >= 11 is 1.34. The van der Waals surface area contributed by atoms with Gasteiger partial charge in [-0.1, -0.05) is 11.8 Å². The molecule has 1 aromatic rings. The topological polar surface area (TPSA) is 93.4 Å². The van der Waals surface area contributed by atoms with Crippen molar-refractivity contribution in [3.8, 4) is 0 Å². The van der Waals surface area contributed by atoms with Crippen LogP contribution in [0.1, 0.15) is 12.7 Å². The summed E-state index contributed by atoms with van der Waals surface area (Å²) in [6.07, 6.45) is 0. The molecular formula is C11H19N5O2S. The first-order valence-electron chi connectivity index (χ1n) is 5.82. The van der Waals surface area contributed by atoms with Crippen LogP contribution in [-0.2, 0) is 16.1 Å². The number of rotatable bonds is 7. The molecule has 1 amide bonds. The van der Waals surface area contributed by atoms with E-state index in [1.54, 1.807) is 20.2 Å². The third-order valence-corrected chi connectivity index (χ3v) is 3.07. The molecule has 0 bridgehead atoms. The van der Waals surface area contributed by atoms with Crippen molar-refractivity contribution in [2.45, 2.75) is 18.6 Å². The van der Waals surface area contributed by atoms with E-state index in [4.69, 9.17) is 10.6 Å². The highest BCUT2D eigenvalue weighted by Gasteiger charge is 2.09. The van der Waals surface area contributed by atoms with Gasteiger partial charge in [0.05, 0.1) is 5.75 Å². The lowest BCUT2D eigenvalue weighted by Gasteiger charge is -2.10. The summed E-state index contributed by atoms with van der Waals surface area (Å²) in [4.78, 5) is 21.5. The lowest BCUT2D eigenvalue weighted by molar-refractivity contribution is -0.125. The third kappa shape index (κ3) is 5.41. The molecule has 1 aromatic heterocycles. The van der Waals surface area contributed by atoms with Crippen LogP contribution in [0.25, 0.3) is 0 Å². The number of hydrogen-bond donors (Lipinski definition) is 2. The van der Waals surface area contributed by atoms with Crippen LogP contribution in [0.5, 0.6) is 0 Å². The van der Waals surface area contributed by atoms with Gasteiger partial charge >= 0.3 is 0 Å². The molecule has 19 heavy (non-hydrogen) atoms. The summed E-state index contributed by atoms with van der Waals surface area (Å²) < 4.78 is 5.26. The maximum Gasteiger partial charge on any atom is 0.232 e. The fourth-order valence-electron chi connectivity index (χ4n) is 1.14. The standard InChI is InChI=1S/C11H19N5O2S/c1-4-18-6-9-13-8(15-12)5-10(14-9)19-7-11(17)16(2)3/h5H,4,6-7,12H2,1-3H3,(H,13,14,15). The predicted octanol–water partition coefficient (Wildman–Crippen LogP) is 0.479. The van der Waals surface area contributed by atoms with E-state index < -0.39 is 0 Å². The zero-order chi connectivity index (χ0) is 14.3. The molecule has 0 aliphatic heterocycles. The molecule has 0 spiro atoms. The summed E-state index contributed by atoms with van der Waals surface area (Å²) in [6, 6.07) is 1.70. The van der Waals surface area contributed by atoms with Crippen LogP contribution >= 0.6 is 11.8 Å². The first-order chi connectivity index (χ1) is 9.06. The van der Waals surface area contributed by atoms with E-state index in [2.05, 4.69) is 15.4 Å². The number of carbonyl (C=O) groups excluding carboxylic acids is 1. The SMILES string of the molecule is CCOCc1nc(NN)cc(SCC(=O)N(C)C)n1. The van der Waals surface area contributed by atoms with Crippen LogP contribution in [0.3, 0.4) is 0 Å². The van der Waals surface area contributed by atoms with Gasteiger partial charge in [-0.3, -0.25) is 4.79 Å². The second kappa shape index (κ2) is 7.93. The second-order valence-electron chi connectivity index (χ2n) is 3.87. The van der Waals surface area contributed by atoms with Crippen molar-refractivity contribution in [2.24, 2.45) is 5.84 Å². The maximum absolute atomic E-state index is 11.5. The van der Waals surface area contributed by atoms with E-state index in [1.165, 1.54) is 16.7 Å². The number of nitrogens with one attached hydrogen (secondary N) is 1. The molecule has 0 aliphatic rings.